The van der Waals surface area contributed by atoms with Gasteiger partial charge in [-0.3, -0.25) is 9.98 Å². The molecular formula is C22H26F3N9S. The van der Waals surface area contributed by atoms with Crippen molar-refractivity contribution < 1.29 is 13.2 Å². The van der Waals surface area contributed by atoms with Crippen molar-refractivity contribution in [3.63, 3.8) is 0 Å². The van der Waals surface area contributed by atoms with Crippen LogP contribution >= 0.6 is 11.3 Å². The van der Waals surface area contributed by atoms with Gasteiger partial charge in [0, 0.05) is 25.0 Å². The molecule has 0 spiro atoms. The van der Waals surface area contributed by atoms with Crippen LogP contribution in [0.15, 0.2) is 16.1 Å². The number of halogens is 3. The van der Waals surface area contributed by atoms with Crippen molar-refractivity contribution in [3.05, 3.63) is 22.6 Å². The first-order valence-corrected chi connectivity index (χ1v) is 12.4. The van der Waals surface area contributed by atoms with Crippen molar-refractivity contribution in [2.45, 2.75) is 46.0 Å². The molecule has 0 amide bonds. The first-order chi connectivity index (χ1) is 16.7. The van der Waals surface area contributed by atoms with Gasteiger partial charge in [-0.25, -0.2) is 4.98 Å². The molecule has 0 saturated carbocycles. The minimum Gasteiger partial charge on any atom is -0.347 e. The van der Waals surface area contributed by atoms with E-state index in [-0.39, 0.29) is 18.9 Å². The molecule has 2 aliphatic heterocycles. The summed E-state index contributed by atoms with van der Waals surface area (Å²) in [5.41, 5.74) is 1.83. The van der Waals surface area contributed by atoms with Crippen molar-refractivity contribution in [2.24, 2.45) is 9.98 Å². The van der Waals surface area contributed by atoms with E-state index in [1.807, 2.05) is 23.8 Å². The Hall–Kier alpha value is -3.09. The van der Waals surface area contributed by atoms with Crippen LogP contribution in [-0.4, -0.2) is 69.4 Å². The van der Waals surface area contributed by atoms with Crippen molar-refractivity contribution in [1.82, 2.24) is 24.7 Å². The van der Waals surface area contributed by atoms with Crippen LogP contribution in [0.1, 0.15) is 36.8 Å². The molecule has 0 radical (unpaired) electrons. The molecule has 9 nitrogen and oxygen atoms in total. The van der Waals surface area contributed by atoms with Crippen LogP contribution in [0.3, 0.4) is 0 Å². The molecule has 0 bridgehead atoms. The lowest BCUT2D eigenvalue weighted by molar-refractivity contribution is -0.147. The average molecular weight is 506 g/mol. The van der Waals surface area contributed by atoms with Gasteiger partial charge >= 0.3 is 6.18 Å². The van der Waals surface area contributed by atoms with Crippen molar-refractivity contribution in [2.75, 3.05) is 43.0 Å². The highest BCUT2D eigenvalue weighted by Crippen LogP contribution is 2.36. The number of nitrogens with zero attached hydrogens (tertiary/aromatic N) is 9. The number of hydrogen-bond acceptors (Lipinski definition) is 9. The van der Waals surface area contributed by atoms with E-state index in [0.717, 1.165) is 39.0 Å². The van der Waals surface area contributed by atoms with Crippen LogP contribution in [0.4, 0.5) is 24.9 Å². The molecule has 0 saturated heterocycles. The summed E-state index contributed by atoms with van der Waals surface area (Å²) in [4.78, 5) is 24.8. The summed E-state index contributed by atoms with van der Waals surface area (Å²) in [6.45, 7) is 6.67. The minimum absolute atomic E-state index is 0.131. The fourth-order valence-corrected chi connectivity index (χ4v) is 5.46. The monoisotopic (exact) mass is 505 g/mol. The van der Waals surface area contributed by atoms with E-state index in [1.165, 1.54) is 4.88 Å². The maximum Gasteiger partial charge on any atom is 0.451 e. The summed E-state index contributed by atoms with van der Waals surface area (Å²) in [5, 5.41) is 8.14. The Kier molecular flexibility index (Phi) is 6.20. The third-order valence-electron chi connectivity index (χ3n) is 6.11. The minimum atomic E-state index is -4.53. The van der Waals surface area contributed by atoms with Crippen LogP contribution in [0, 0.1) is 0 Å². The van der Waals surface area contributed by atoms with E-state index < -0.39 is 12.0 Å². The number of hydrogen-bond donors (Lipinski definition) is 0. The van der Waals surface area contributed by atoms with E-state index in [2.05, 4.69) is 33.2 Å². The van der Waals surface area contributed by atoms with Gasteiger partial charge in [-0.05, 0) is 19.4 Å². The quantitative estimate of drug-likeness (QED) is 0.509. The van der Waals surface area contributed by atoms with Crippen LogP contribution in [0.2, 0.25) is 0 Å². The second-order valence-corrected chi connectivity index (χ2v) is 9.81. The molecule has 0 unspecified atom stereocenters. The largest absolute Gasteiger partial charge is 0.451 e. The molecule has 5 rings (SSSR count). The van der Waals surface area contributed by atoms with Crippen LogP contribution in [0.25, 0.3) is 10.2 Å². The van der Waals surface area contributed by atoms with E-state index >= 15 is 0 Å². The van der Waals surface area contributed by atoms with E-state index in [0.29, 0.717) is 37.9 Å². The van der Waals surface area contributed by atoms with Gasteiger partial charge < -0.3 is 14.4 Å². The number of fused-ring (bicyclic) bond motifs is 2. The van der Waals surface area contributed by atoms with Crippen LogP contribution in [0.5, 0.6) is 0 Å². The predicted octanol–water partition coefficient (Wildman–Crippen LogP) is 3.63. The highest BCUT2D eigenvalue weighted by molar-refractivity contribution is 7.18. The number of alkyl halides is 3. The molecule has 3 aromatic heterocycles. The fraction of sp³-hybridized carbons (Fsp3) is 0.545. The Morgan fingerprint density at radius 3 is 2.66 bits per heavy atom. The highest BCUT2D eigenvalue weighted by atomic mass is 32.1. The lowest BCUT2D eigenvalue weighted by atomic mass is 10.2. The van der Waals surface area contributed by atoms with Gasteiger partial charge in [0.25, 0.3) is 0 Å². The Morgan fingerprint density at radius 1 is 1.11 bits per heavy atom. The summed E-state index contributed by atoms with van der Waals surface area (Å²) < 4.78 is 41.0. The first kappa shape index (κ1) is 23.6. The van der Waals surface area contributed by atoms with Crippen molar-refractivity contribution in [1.29, 1.82) is 0 Å². The van der Waals surface area contributed by atoms with Crippen LogP contribution in [-0.2, 0) is 25.7 Å². The number of anilines is 2. The molecule has 13 heteroatoms. The SMILES string of the molecule is CCCc1cc2c(N3CCn4c(nnc4C(F)(F)F)C3)nc(N(C)CC3=NCCN=C3C)nc2s1. The number of aromatic nitrogens is 5. The third kappa shape index (κ3) is 4.60. The molecule has 186 valence electrons. The molecule has 0 fully saturated rings. The van der Waals surface area contributed by atoms with Gasteiger partial charge in [0.15, 0.2) is 5.82 Å². The smallest absolute Gasteiger partial charge is 0.347 e. The summed E-state index contributed by atoms with van der Waals surface area (Å²) in [5.74, 6) is 0.569. The Balaban J connectivity index is 1.51. The van der Waals surface area contributed by atoms with Gasteiger partial charge in [-0.1, -0.05) is 13.3 Å². The van der Waals surface area contributed by atoms with Gasteiger partial charge in [0.05, 0.1) is 43.0 Å². The molecular weight excluding hydrogens is 479 g/mol. The number of rotatable bonds is 6. The topological polar surface area (TPSA) is 87.7 Å². The van der Waals surface area contributed by atoms with Gasteiger partial charge in [-0.2, -0.15) is 18.2 Å². The standard InChI is InChI=1S/C22H26F3N9S/c1-4-5-14-10-15-18(33-8-9-34-17(12-33)30-31-20(34)22(23,24)25)28-21(29-19(15)35-14)32(3)11-16-13(2)26-6-7-27-16/h10H,4-9,11-12H2,1-3H3. The molecule has 0 atom stereocenters. The summed E-state index contributed by atoms with van der Waals surface area (Å²) in [7, 11) is 1.92. The zero-order chi connectivity index (χ0) is 24.7. The maximum absolute atomic E-state index is 13.3. The molecule has 0 N–H and O–H groups in total. The lowest BCUT2D eigenvalue weighted by Crippen LogP contribution is -2.37. The Labute approximate surface area is 204 Å². The average Bonchev–Trinajstić information content (AvgIpc) is 3.43. The second kappa shape index (κ2) is 9.17. The zero-order valence-electron chi connectivity index (χ0n) is 19.8. The summed E-state index contributed by atoms with van der Waals surface area (Å²) in [6.07, 6.45) is -2.59. The van der Waals surface area contributed by atoms with E-state index in [1.54, 1.807) is 11.3 Å². The van der Waals surface area contributed by atoms with Gasteiger partial charge in [0.2, 0.25) is 11.8 Å². The van der Waals surface area contributed by atoms with Crippen LogP contribution < -0.4 is 9.80 Å². The fourth-order valence-electron chi connectivity index (χ4n) is 4.34. The normalized spacial score (nSPS) is 16.3. The molecule has 0 aromatic carbocycles. The number of aryl methyl sites for hydroxylation is 1. The second-order valence-electron chi connectivity index (χ2n) is 8.69. The first-order valence-electron chi connectivity index (χ1n) is 11.5. The highest BCUT2D eigenvalue weighted by Gasteiger charge is 2.39. The van der Waals surface area contributed by atoms with Crippen molar-refractivity contribution >= 4 is 44.7 Å². The molecule has 5 heterocycles. The molecule has 0 aliphatic carbocycles. The molecule has 3 aromatic rings. The zero-order valence-corrected chi connectivity index (χ0v) is 20.6. The predicted molar refractivity (Wildman–Crippen MR) is 131 cm³/mol. The van der Waals surface area contributed by atoms with Crippen molar-refractivity contribution in [3.8, 4) is 0 Å². The number of thiophene rings is 1. The summed E-state index contributed by atoms with van der Waals surface area (Å²) >= 11 is 1.63. The Morgan fingerprint density at radius 2 is 1.91 bits per heavy atom. The Bertz CT molecular complexity index is 1310. The van der Waals surface area contributed by atoms with E-state index in [9.17, 15) is 13.2 Å². The molecule has 35 heavy (non-hydrogen) atoms. The summed E-state index contributed by atoms with van der Waals surface area (Å²) in [6, 6.07) is 2.10. The van der Waals surface area contributed by atoms with E-state index in [4.69, 9.17) is 9.97 Å². The molecule has 2 aliphatic rings. The van der Waals surface area contributed by atoms with Gasteiger partial charge in [-0.15, -0.1) is 21.5 Å². The van der Waals surface area contributed by atoms with Gasteiger partial charge in [0.1, 0.15) is 10.6 Å². The third-order valence-corrected chi connectivity index (χ3v) is 7.20. The number of aliphatic imine (C=N–C) groups is 2. The lowest BCUT2D eigenvalue weighted by Gasteiger charge is -2.30. The maximum atomic E-state index is 13.3.